The van der Waals surface area contributed by atoms with Crippen LogP contribution in [0.25, 0.3) is 5.69 Å². The van der Waals surface area contributed by atoms with E-state index >= 15 is 0 Å². The SMILES string of the molecule is CCc1ccc(-n2cnc(C(F)(F)F)n2)c(CC)c1. The molecule has 0 amide bonds. The molecule has 0 atom stereocenters. The molecule has 102 valence electrons. The molecule has 2 aromatic rings. The Bertz CT molecular complexity index is 573. The van der Waals surface area contributed by atoms with Crippen LogP contribution in [0.3, 0.4) is 0 Å². The van der Waals surface area contributed by atoms with Crippen molar-refractivity contribution >= 4 is 0 Å². The van der Waals surface area contributed by atoms with Gasteiger partial charge in [0.15, 0.2) is 0 Å². The van der Waals surface area contributed by atoms with Crippen LogP contribution in [0.4, 0.5) is 13.2 Å². The van der Waals surface area contributed by atoms with E-state index in [9.17, 15) is 13.2 Å². The first-order valence-corrected chi connectivity index (χ1v) is 6.06. The van der Waals surface area contributed by atoms with Gasteiger partial charge >= 0.3 is 6.18 Å². The lowest BCUT2D eigenvalue weighted by Gasteiger charge is -2.09. The van der Waals surface area contributed by atoms with Gasteiger partial charge in [0.2, 0.25) is 0 Å². The number of halogens is 3. The molecule has 2 rings (SSSR count). The molecule has 0 aliphatic rings. The van der Waals surface area contributed by atoms with Crippen LogP contribution in [0.5, 0.6) is 0 Å². The molecule has 0 bridgehead atoms. The first-order valence-electron chi connectivity index (χ1n) is 6.06. The number of hydrogen-bond acceptors (Lipinski definition) is 2. The van der Waals surface area contributed by atoms with Gasteiger partial charge < -0.3 is 0 Å². The Morgan fingerprint density at radius 1 is 1.16 bits per heavy atom. The van der Waals surface area contributed by atoms with E-state index in [1.165, 1.54) is 4.68 Å². The van der Waals surface area contributed by atoms with E-state index < -0.39 is 12.0 Å². The van der Waals surface area contributed by atoms with Crippen molar-refractivity contribution in [1.82, 2.24) is 14.8 Å². The molecule has 0 aliphatic carbocycles. The van der Waals surface area contributed by atoms with Gasteiger partial charge in [-0.1, -0.05) is 26.0 Å². The molecule has 0 saturated heterocycles. The highest BCUT2D eigenvalue weighted by atomic mass is 19.4. The molecule has 0 aliphatic heterocycles. The van der Waals surface area contributed by atoms with Crippen molar-refractivity contribution in [1.29, 1.82) is 0 Å². The summed E-state index contributed by atoms with van der Waals surface area (Å²) in [7, 11) is 0. The third kappa shape index (κ3) is 2.77. The second-order valence-electron chi connectivity index (χ2n) is 4.18. The van der Waals surface area contributed by atoms with E-state index in [4.69, 9.17) is 0 Å². The first-order chi connectivity index (χ1) is 8.95. The average molecular weight is 269 g/mol. The summed E-state index contributed by atoms with van der Waals surface area (Å²) in [6, 6.07) is 5.67. The fraction of sp³-hybridized carbons (Fsp3) is 0.385. The molecule has 19 heavy (non-hydrogen) atoms. The molecule has 0 fully saturated rings. The molecular formula is C13H14F3N3. The lowest BCUT2D eigenvalue weighted by Crippen LogP contribution is -2.09. The second-order valence-corrected chi connectivity index (χ2v) is 4.18. The van der Waals surface area contributed by atoms with E-state index in [0.717, 1.165) is 30.3 Å². The van der Waals surface area contributed by atoms with E-state index in [-0.39, 0.29) is 0 Å². The largest absolute Gasteiger partial charge is 0.453 e. The Morgan fingerprint density at radius 3 is 2.42 bits per heavy atom. The normalized spacial score (nSPS) is 11.8. The van der Waals surface area contributed by atoms with Gasteiger partial charge in [0, 0.05) is 0 Å². The van der Waals surface area contributed by atoms with Crippen molar-refractivity contribution in [2.24, 2.45) is 0 Å². The summed E-state index contributed by atoms with van der Waals surface area (Å²) < 4.78 is 38.6. The Labute approximate surface area is 109 Å². The maximum absolute atomic E-state index is 12.5. The van der Waals surface area contributed by atoms with Gasteiger partial charge in [-0.3, -0.25) is 0 Å². The molecular weight excluding hydrogens is 255 g/mol. The highest BCUT2D eigenvalue weighted by molar-refractivity contribution is 5.43. The Morgan fingerprint density at radius 2 is 1.89 bits per heavy atom. The van der Waals surface area contributed by atoms with Crippen LogP contribution in [-0.2, 0) is 19.0 Å². The summed E-state index contributed by atoms with van der Waals surface area (Å²) in [5.41, 5.74) is 2.75. The van der Waals surface area contributed by atoms with Crippen LogP contribution >= 0.6 is 0 Å². The van der Waals surface area contributed by atoms with Crippen molar-refractivity contribution in [3.8, 4) is 5.69 Å². The summed E-state index contributed by atoms with van der Waals surface area (Å²) in [5.74, 6) is -1.12. The predicted molar refractivity (Wildman–Crippen MR) is 65.1 cm³/mol. The minimum absolute atomic E-state index is 0.641. The lowest BCUT2D eigenvalue weighted by molar-refractivity contribution is -0.144. The van der Waals surface area contributed by atoms with Crippen molar-refractivity contribution in [3.05, 3.63) is 41.5 Å². The van der Waals surface area contributed by atoms with Crippen LogP contribution in [-0.4, -0.2) is 14.8 Å². The zero-order chi connectivity index (χ0) is 14.0. The Hall–Kier alpha value is -1.85. The molecule has 0 saturated carbocycles. The van der Waals surface area contributed by atoms with E-state index in [0.29, 0.717) is 5.69 Å². The molecule has 0 unspecified atom stereocenters. The summed E-state index contributed by atoms with van der Waals surface area (Å²) >= 11 is 0. The van der Waals surface area contributed by atoms with Gasteiger partial charge in [0.05, 0.1) is 5.69 Å². The van der Waals surface area contributed by atoms with Gasteiger partial charge in [0.25, 0.3) is 5.82 Å². The van der Waals surface area contributed by atoms with Gasteiger partial charge in [0.1, 0.15) is 6.33 Å². The molecule has 0 spiro atoms. The van der Waals surface area contributed by atoms with Crippen molar-refractivity contribution in [2.45, 2.75) is 32.9 Å². The molecule has 3 nitrogen and oxygen atoms in total. The van der Waals surface area contributed by atoms with Crippen molar-refractivity contribution in [3.63, 3.8) is 0 Å². The number of aryl methyl sites for hydroxylation is 2. The highest BCUT2D eigenvalue weighted by Crippen LogP contribution is 2.26. The molecule has 1 aromatic carbocycles. The first kappa shape index (κ1) is 13.6. The number of benzene rings is 1. The van der Waals surface area contributed by atoms with Crippen molar-refractivity contribution < 1.29 is 13.2 Å². The number of aromatic nitrogens is 3. The summed E-state index contributed by atoms with van der Waals surface area (Å²) in [5, 5.41) is 3.50. The quantitative estimate of drug-likeness (QED) is 0.854. The highest BCUT2D eigenvalue weighted by Gasteiger charge is 2.35. The molecule has 0 N–H and O–H groups in total. The zero-order valence-corrected chi connectivity index (χ0v) is 10.7. The van der Waals surface area contributed by atoms with Crippen LogP contribution < -0.4 is 0 Å². The fourth-order valence-electron chi connectivity index (χ4n) is 1.87. The van der Waals surface area contributed by atoms with Crippen LogP contribution in [0.2, 0.25) is 0 Å². The standard InChI is InChI=1S/C13H14F3N3/c1-3-9-5-6-11(10(4-2)7-9)19-8-17-12(18-19)13(14,15)16/h5-8H,3-4H2,1-2H3. The second kappa shape index (κ2) is 5.03. The van der Waals surface area contributed by atoms with Crippen LogP contribution in [0, 0.1) is 0 Å². The van der Waals surface area contributed by atoms with Crippen molar-refractivity contribution in [2.75, 3.05) is 0 Å². The number of hydrogen-bond donors (Lipinski definition) is 0. The topological polar surface area (TPSA) is 30.7 Å². The van der Waals surface area contributed by atoms with Gasteiger partial charge in [-0.05, 0) is 30.0 Å². The van der Waals surface area contributed by atoms with Crippen LogP contribution in [0.1, 0.15) is 30.8 Å². The third-order valence-electron chi connectivity index (χ3n) is 2.93. The average Bonchev–Trinajstić information content (AvgIpc) is 2.87. The maximum Gasteiger partial charge on any atom is 0.453 e. The van der Waals surface area contributed by atoms with Crippen LogP contribution in [0.15, 0.2) is 24.5 Å². The van der Waals surface area contributed by atoms with E-state index in [1.54, 1.807) is 6.07 Å². The fourth-order valence-corrected chi connectivity index (χ4v) is 1.87. The molecule has 6 heteroatoms. The summed E-state index contributed by atoms with van der Waals surface area (Å²) in [4.78, 5) is 3.31. The zero-order valence-electron chi connectivity index (χ0n) is 10.7. The minimum Gasteiger partial charge on any atom is -0.220 e. The van der Waals surface area contributed by atoms with E-state index in [2.05, 4.69) is 10.1 Å². The molecule has 0 radical (unpaired) electrons. The van der Waals surface area contributed by atoms with Gasteiger partial charge in [-0.25, -0.2) is 9.67 Å². The third-order valence-corrected chi connectivity index (χ3v) is 2.93. The molecule has 1 aromatic heterocycles. The maximum atomic E-state index is 12.5. The monoisotopic (exact) mass is 269 g/mol. The van der Waals surface area contributed by atoms with Gasteiger partial charge in [-0.15, -0.1) is 5.10 Å². The summed E-state index contributed by atoms with van der Waals surface area (Å²) in [6.45, 7) is 3.99. The summed E-state index contributed by atoms with van der Waals surface area (Å²) in [6.07, 6.45) is -1.80. The van der Waals surface area contributed by atoms with E-state index in [1.807, 2.05) is 26.0 Å². The predicted octanol–water partition coefficient (Wildman–Crippen LogP) is 3.41. The molecule has 1 heterocycles. The van der Waals surface area contributed by atoms with Gasteiger partial charge in [-0.2, -0.15) is 13.2 Å². The number of rotatable bonds is 3. The minimum atomic E-state index is -4.51. The number of alkyl halides is 3. The smallest absolute Gasteiger partial charge is 0.220 e. The Balaban J connectivity index is 2.44. The Kier molecular flexibility index (Phi) is 3.59. The lowest BCUT2D eigenvalue weighted by atomic mass is 10.0. The number of nitrogens with zero attached hydrogens (tertiary/aromatic N) is 3.